The van der Waals surface area contributed by atoms with E-state index in [0.29, 0.717) is 11.3 Å². The molecule has 2 atom stereocenters. The molecule has 0 saturated heterocycles. The highest BCUT2D eigenvalue weighted by molar-refractivity contribution is 6.00. The van der Waals surface area contributed by atoms with Crippen LogP contribution in [0, 0.1) is 25.2 Å². The number of nitrogens with one attached hydrogen (secondary N) is 2. The lowest BCUT2D eigenvalue weighted by Crippen LogP contribution is -2.51. The molecule has 0 radical (unpaired) electrons. The molecule has 0 saturated carbocycles. The lowest BCUT2D eigenvalue weighted by molar-refractivity contribution is -0.139. The zero-order valence-corrected chi connectivity index (χ0v) is 21.7. The predicted molar refractivity (Wildman–Crippen MR) is 140 cm³/mol. The predicted octanol–water partition coefficient (Wildman–Crippen LogP) is 4.89. The van der Waals surface area contributed by atoms with Crippen molar-refractivity contribution in [1.29, 1.82) is 5.26 Å². The molecule has 0 bridgehead atoms. The Bertz CT molecular complexity index is 1160. The van der Waals surface area contributed by atoms with Crippen LogP contribution in [0.1, 0.15) is 56.0 Å². The number of alkyl carbamates (subject to hydrolysis) is 1. The highest BCUT2D eigenvalue weighted by atomic mass is 16.6. The van der Waals surface area contributed by atoms with Gasteiger partial charge in [-0.1, -0.05) is 49.1 Å². The Hall–Kier alpha value is -4.12. The van der Waals surface area contributed by atoms with E-state index in [1.54, 1.807) is 45.0 Å². The summed E-state index contributed by atoms with van der Waals surface area (Å²) in [5, 5.41) is 15.0. The third-order valence-corrected chi connectivity index (χ3v) is 5.38. The number of carbonyl (C=O) groups excluding carboxylic acids is 3. The second-order valence-corrected chi connectivity index (χ2v) is 9.53. The molecule has 8 nitrogen and oxygen atoms in total. The Morgan fingerprint density at radius 3 is 2.31 bits per heavy atom. The number of nitrogens with zero attached hydrogens (tertiary/aromatic N) is 2. The van der Waals surface area contributed by atoms with E-state index in [4.69, 9.17) is 4.74 Å². The van der Waals surface area contributed by atoms with Crippen molar-refractivity contribution in [1.82, 2.24) is 10.2 Å². The Morgan fingerprint density at radius 1 is 1.14 bits per heavy atom. The molecule has 8 heteroatoms. The van der Waals surface area contributed by atoms with E-state index in [9.17, 15) is 19.6 Å². The summed E-state index contributed by atoms with van der Waals surface area (Å²) >= 11 is 0. The number of hydrogen-bond acceptors (Lipinski definition) is 5. The first-order valence-electron chi connectivity index (χ1n) is 11.6. The summed E-state index contributed by atoms with van der Waals surface area (Å²) in [5.41, 5.74) is 2.86. The van der Waals surface area contributed by atoms with Crippen LogP contribution in [0.5, 0.6) is 0 Å². The summed E-state index contributed by atoms with van der Waals surface area (Å²) in [6.07, 6.45) is 0.859. The van der Waals surface area contributed by atoms with Gasteiger partial charge in [-0.25, -0.2) is 4.79 Å². The molecular formula is C28H34N4O4. The van der Waals surface area contributed by atoms with Gasteiger partial charge in [-0.05, 0) is 69.9 Å². The first-order valence-corrected chi connectivity index (χ1v) is 11.6. The maximum atomic E-state index is 13.7. The standard InChI is InChI=1S/C28H34N4O4/c1-8-21-13-10-14-22(17-21)24(25(33)31-23-18(2)11-9-12-19(23)3)32(16-15-29)26(34)20(4)30-27(35)36-28(5,6)7/h8-14,17,20,24H,1,16H2,2-7H3,(H,30,35)(H,31,33). The van der Waals surface area contributed by atoms with Gasteiger partial charge in [-0.3, -0.25) is 9.59 Å². The van der Waals surface area contributed by atoms with Crippen molar-refractivity contribution in [2.24, 2.45) is 0 Å². The molecule has 0 fully saturated rings. The average molecular weight is 491 g/mol. The van der Waals surface area contributed by atoms with Gasteiger partial charge in [0.05, 0.1) is 6.07 Å². The van der Waals surface area contributed by atoms with Crippen molar-refractivity contribution < 1.29 is 19.1 Å². The monoisotopic (exact) mass is 490 g/mol. The van der Waals surface area contributed by atoms with E-state index in [0.717, 1.165) is 21.6 Å². The molecule has 36 heavy (non-hydrogen) atoms. The minimum atomic E-state index is -1.14. The van der Waals surface area contributed by atoms with E-state index in [-0.39, 0.29) is 6.54 Å². The summed E-state index contributed by atoms with van der Waals surface area (Å²) in [5.74, 6) is -1.09. The Kier molecular flexibility index (Phi) is 9.39. The van der Waals surface area contributed by atoms with Crippen molar-refractivity contribution in [3.63, 3.8) is 0 Å². The van der Waals surface area contributed by atoms with Gasteiger partial charge in [0.15, 0.2) is 0 Å². The summed E-state index contributed by atoms with van der Waals surface area (Å²) < 4.78 is 5.25. The van der Waals surface area contributed by atoms with Crippen LogP contribution in [-0.4, -0.2) is 41.0 Å². The number of amides is 3. The van der Waals surface area contributed by atoms with Crippen LogP contribution in [0.3, 0.4) is 0 Å². The van der Waals surface area contributed by atoms with Gasteiger partial charge in [0.25, 0.3) is 5.91 Å². The maximum Gasteiger partial charge on any atom is 0.408 e. The fourth-order valence-corrected chi connectivity index (χ4v) is 3.70. The number of ether oxygens (including phenoxy) is 1. The molecule has 3 amide bonds. The topological polar surface area (TPSA) is 112 Å². The fourth-order valence-electron chi connectivity index (χ4n) is 3.70. The number of hydrogen-bond donors (Lipinski definition) is 2. The SMILES string of the molecule is C=Cc1cccc(C(C(=O)Nc2c(C)cccc2C)N(CC#N)C(=O)C(C)NC(=O)OC(C)(C)C)c1. The zero-order chi connectivity index (χ0) is 27.0. The molecule has 0 aliphatic rings. The molecule has 0 aromatic heterocycles. The second kappa shape index (κ2) is 12.0. The number of anilines is 1. The molecule has 0 aliphatic carbocycles. The largest absolute Gasteiger partial charge is 0.444 e. The third kappa shape index (κ3) is 7.44. The van der Waals surface area contributed by atoms with Crippen LogP contribution in [0.25, 0.3) is 6.08 Å². The van der Waals surface area contributed by atoms with Crippen molar-refractivity contribution in [3.05, 3.63) is 71.3 Å². The van der Waals surface area contributed by atoms with Gasteiger partial charge in [0, 0.05) is 5.69 Å². The fraction of sp³-hybridized carbons (Fsp3) is 0.357. The average Bonchev–Trinajstić information content (AvgIpc) is 2.79. The summed E-state index contributed by atoms with van der Waals surface area (Å²) in [7, 11) is 0. The smallest absolute Gasteiger partial charge is 0.408 e. The van der Waals surface area contributed by atoms with Crippen LogP contribution < -0.4 is 10.6 Å². The lowest BCUT2D eigenvalue weighted by Gasteiger charge is -2.32. The van der Waals surface area contributed by atoms with Crippen molar-refractivity contribution in [3.8, 4) is 6.07 Å². The minimum Gasteiger partial charge on any atom is -0.444 e. The second-order valence-electron chi connectivity index (χ2n) is 9.53. The molecule has 190 valence electrons. The molecule has 2 N–H and O–H groups in total. The van der Waals surface area contributed by atoms with E-state index >= 15 is 0 Å². The van der Waals surface area contributed by atoms with Crippen LogP contribution in [0.15, 0.2) is 49.0 Å². The Morgan fingerprint density at radius 2 is 1.75 bits per heavy atom. The van der Waals surface area contributed by atoms with E-state index in [1.807, 2.05) is 44.2 Å². The van der Waals surface area contributed by atoms with E-state index in [1.165, 1.54) is 6.92 Å². The van der Waals surface area contributed by atoms with Gasteiger partial charge < -0.3 is 20.3 Å². The third-order valence-electron chi connectivity index (χ3n) is 5.38. The van der Waals surface area contributed by atoms with Gasteiger partial charge in [-0.2, -0.15) is 5.26 Å². The maximum absolute atomic E-state index is 13.7. The molecule has 2 aromatic carbocycles. The van der Waals surface area contributed by atoms with Crippen LogP contribution in [0.2, 0.25) is 0 Å². The number of aryl methyl sites for hydroxylation is 2. The number of nitriles is 1. The molecule has 0 aliphatic heterocycles. The van der Waals surface area contributed by atoms with Crippen LogP contribution in [-0.2, 0) is 14.3 Å². The highest BCUT2D eigenvalue weighted by Crippen LogP contribution is 2.27. The molecule has 2 aromatic rings. The van der Waals surface area contributed by atoms with Crippen LogP contribution in [0.4, 0.5) is 10.5 Å². The van der Waals surface area contributed by atoms with Gasteiger partial charge in [-0.15, -0.1) is 0 Å². The minimum absolute atomic E-state index is 0.373. The molecule has 2 unspecified atom stereocenters. The Labute approximate surface area is 212 Å². The lowest BCUT2D eigenvalue weighted by atomic mass is 10.00. The van der Waals surface area contributed by atoms with Gasteiger partial charge in [0.1, 0.15) is 24.2 Å². The number of benzene rings is 2. The summed E-state index contributed by atoms with van der Waals surface area (Å²) in [6.45, 7) is 13.8. The van der Waals surface area contributed by atoms with E-state index < -0.39 is 35.6 Å². The first kappa shape index (κ1) is 28.1. The quantitative estimate of drug-likeness (QED) is 0.512. The van der Waals surface area contributed by atoms with Gasteiger partial charge in [0.2, 0.25) is 5.91 Å². The Balaban J connectivity index is 2.49. The molecule has 0 spiro atoms. The summed E-state index contributed by atoms with van der Waals surface area (Å²) in [4.78, 5) is 40.6. The van der Waals surface area contributed by atoms with Gasteiger partial charge >= 0.3 is 6.09 Å². The van der Waals surface area contributed by atoms with Crippen molar-refractivity contribution >= 4 is 29.7 Å². The number of para-hydroxylation sites is 1. The van der Waals surface area contributed by atoms with Crippen LogP contribution >= 0.6 is 0 Å². The normalized spacial score (nSPS) is 12.5. The van der Waals surface area contributed by atoms with E-state index in [2.05, 4.69) is 17.2 Å². The highest BCUT2D eigenvalue weighted by Gasteiger charge is 2.35. The summed E-state index contributed by atoms with van der Waals surface area (Å²) in [6, 6.07) is 12.5. The molecule has 0 heterocycles. The number of carbonyl (C=O) groups is 3. The van der Waals surface area contributed by atoms with Crippen molar-refractivity contribution in [2.75, 3.05) is 11.9 Å². The molecule has 2 rings (SSSR count). The first-order chi connectivity index (χ1) is 16.9. The zero-order valence-electron chi connectivity index (χ0n) is 21.7. The molecular weight excluding hydrogens is 456 g/mol. The number of rotatable bonds is 8. The van der Waals surface area contributed by atoms with Crippen molar-refractivity contribution in [2.45, 2.75) is 59.2 Å².